The smallest absolute Gasteiger partial charge is 0.319 e. The highest BCUT2D eigenvalue weighted by Gasteiger charge is 2.32. The van der Waals surface area contributed by atoms with Crippen molar-refractivity contribution >= 4 is 17.6 Å². The molecule has 3 atom stereocenters. The van der Waals surface area contributed by atoms with E-state index in [4.69, 9.17) is 9.47 Å². The molecule has 0 radical (unpaired) electrons. The fourth-order valence-electron chi connectivity index (χ4n) is 3.83. The first-order chi connectivity index (χ1) is 15.4. The van der Waals surface area contributed by atoms with E-state index >= 15 is 0 Å². The van der Waals surface area contributed by atoms with E-state index in [0.29, 0.717) is 45.6 Å². The Morgan fingerprint density at radius 2 is 1.97 bits per heavy atom. The average Bonchev–Trinajstić information content (AvgIpc) is 2.78. The van der Waals surface area contributed by atoms with Crippen LogP contribution in [0.1, 0.15) is 19.3 Å². The zero-order chi connectivity index (χ0) is 22.9. The lowest BCUT2D eigenvalue weighted by Gasteiger charge is -2.36. The van der Waals surface area contributed by atoms with Gasteiger partial charge in [-0.3, -0.25) is 9.69 Å². The van der Waals surface area contributed by atoms with E-state index in [0.717, 1.165) is 18.2 Å². The zero-order valence-corrected chi connectivity index (χ0v) is 17.8. The molecule has 2 fully saturated rings. The van der Waals surface area contributed by atoms with Crippen LogP contribution in [-0.4, -0.2) is 86.2 Å². The normalized spacial score (nSPS) is 24.0. The number of halogens is 2. The van der Waals surface area contributed by atoms with Gasteiger partial charge < -0.3 is 30.5 Å². The second kappa shape index (κ2) is 12.0. The first-order valence-electron chi connectivity index (χ1n) is 10.8. The van der Waals surface area contributed by atoms with Crippen LogP contribution in [0.2, 0.25) is 0 Å². The summed E-state index contributed by atoms with van der Waals surface area (Å²) in [6.07, 6.45) is 1.04. The summed E-state index contributed by atoms with van der Waals surface area (Å²) < 4.78 is 37.9. The zero-order valence-electron chi connectivity index (χ0n) is 17.8. The highest BCUT2D eigenvalue weighted by molar-refractivity contribution is 5.89. The van der Waals surface area contributed by atoms with E-state index in [2.05, 4.69) is 16.0 Å². The van der Waals surface area contributed by atoms with Gasteiger partial charge >= 0.3 is 6.03 Å². The highest BCUT2D eigenvalue weighted by atomic mass is 19.1. The maximum absolute atomic E-state index is 13.6. The van der Waals surface area contributed by atoms with Crippen LogP contribution in [0.25, 0.3) is 0 Å². The number of morpholine rings is 1. The van der Waals surface area contributed by atoms with Crippen LogP contribution in [0.5, 0.6) is 0 Å². The summed E-state index contributed by atoms with van der Waals surface area (Å²) >= 11 is 0. The highest BCUT2D eigenvalue weighted by Crippen LogP contribution is 2.22. The molecular weight excluding hydrogens is 426 g/mol. The molecule has 0 saturated carbocycles. The molecule has 4 N–H and O–H groups in total. The van der Waals surface area contributed by atoms with Gasteiger partial charge in [-0.25, -0.2) is 13.6 Å². The number of carbonyl (C=O) groups excluding carboxylic acids is 2. The van der Waals surface area contributed by atoms with Crippen LogP contribution in [0.3, 0.4) is 0 Å². The summed E-state index contributed by atoms with van der Waals surface area (Å²) in [4.78, 5) is 26.3. The summed E-state index contributed by atoms with van der Waals surface area (Å²) in [5, 5.41) is 17.5. The van der Waals surface area contributed by atoms with Crippen molar-refractivity contribution in [2.75, 3.05) is 51.3 Å². The molecule has 2 saturated heterocycles. The lowest BCUT2D eigenvalue weighted by molar-refractivity contribution is -0.130. The summed E-state index contributed by atoms with van der Waals surface area (Å²) in [6, 6.07) is 1.87. The lowest BCUT2D eigenvalue weighted by atomic mass is 9.97. The molecule has 3 rings (SSSR count). The Balaban J connectivity index is 1.37. The number of nitrogens with one attached hydrogen (secondary N) is 3. The molecule has 3 amide bonds. The summed E-state index contributed by atoms with van der Waals surface area (Å²) in [5.41, 5.74) is -0.243. The molecule has 0 spiro atoms. The molecule has 1 aromatic carbocycles. The van der Waals surface area contributed by atoms with Crippen LogP contribution >= 0.6 is 0 Å². The second-order valence-corrected chi connectivity index (χ2v) is 7.91. The number of nitrogens with zero attached hydrogens (tertiary/aromatic N) is 1. The Labute approximate surface area is 185 Å². The number of carbonyl (C=O) groups is 2. The molecular formula is C21H30F2N4O5. The van der Waals surface area contributed by atoms with Crippen LogP contribution in [0.15, 0.2) is 18.2 Å². The predicted molar refractivity (Wildman–Crippen MR) is 112 cm³/mol. The maximum Gasteiger partial charge on any atom is 0.319 e. The molecule has 2 aliphatic heterocycles. The van der Waals surface area contributed by atoms with Crippen molar-refractivity contribution < 1.29 is 33.0 Å². The van der Waals surface area contributed by atoms with Crippen molar-refractivity contribution in [3.05, 3.63) is 29.8 Å². The van der Waals surface area contributed by atoms with Crippen LogP contribution in [0.4, 0.5) is 19.3 Å². The quantitative estimate of drug-likeness (QED) is 0.461. The third-order valence-corrected chi connectivity index (χ3v) is 5.54. The van der Waals surface area contributed by atoms with Gasteiger partial charge in [-0.15, -0.1) is 0 Å². The molecule has 0 bridgehead atoms. The second-order valence-electron chi connectivity index (χ2n) is 7.91. The number of benzene rings is 1. The number of anilines is 1. The molecule has 178 valence electrons. The average molecular weight is 456 g/mol. The van der Waals surface area contributed by atoms with Gasteiger partial charge in [0.1, 0.15) is 17.7 Å². The van der Waals surface area contributed by atoms with Gasteiger partial charge in [0.25, 0.3) is 0 Å². The summed E-state index contributed by atoms with van der Waals surface area (Å²) in [6.45, 7) is 2.96. The third kappa shape index (κ3) is 7.37. The molecule has 2 heterocycles. The van der Waals surface area contributed by atoms with Gasteiger partial charge in [0, 0.05) is 25.7 Å². The largest absolute Gasteiger partial charge is 0.394 e. The summed E-state index contributed by atoms with van der Waals surface area (Å²) in [5.74, 6) is -1.50. The van der Waals surface area contributed by atoms with Gasteiger partial charge in [0.15, 0.2) is 0 Å². The van der Waals surface area contributed by atoms with Crippen molar-refractivity contribution in [1.82, 2.24) is 15.5 Å². The number of amides is 3. The number of hydrogen-bond acceptors (Lipinski definition) is 6. The summed E-state index contributed by atoms with van der Waals surface area (Å²) in [7, 11) is 0. The topological polar surface area (TPSA) is 112 Å². The minimum atomic E-state index is -0.732. The molecule has 2 aliphatic rings. The number of rotatable bonds is 8. The Kier molecular flexibility index (Phi) is 9.15. The predicted octanol–water partition coefficient (Wildman–Crippen LogP) is 0.833. The number of urea groups is 1. The molecule has 1 aromatic rings. The number of aliphatic hydroxyl groups excluding tert-OH is 1. The Hall–Kier alpha value is -2.34. The molecule has 11 heteroatoms. The van der Waals surface area contributed by atoms with E-state index in [-0.39, 0.29) is 43.4 Å². The maximum atomic E-state index is 13.6. The minimum absolute atomic E-state index is 0.111. The van der Waals surface area contributed by atoms with Gasteiger partial charge in [-0.1, -0.05) is 0 Å². The van der Waals surface area contributed by atoms with E-state index in [1.165, 1.54) is 0 Å². The minimum Gasteiger partial charge on any atom is -0.394 e. The van der Waals surface area contributed by atoms with Gasteiger partial charge in [-0.05, 0) is 31.4 Å². The van der Waals surface area contributed by atoms with E-state index in [1.807, 2.05) is 4.90 Å². The van der Waals surface area contributed by atoms with E-state index in [1.54, 1.807) is 0 Å². The molecule has 9 nitrogen and oxygen atoms in total. The van der Waals surface area contributed by atoms with E-state index in [9.17, 15) is 23.5 Å². The Bertz CT molecular complexity index is 779. The van der Waals surface area contributed by atoms with Crippen molar-refractivity contribution in [2.45, 2.75) is 37.5 Å². The fraction of sp³-hybridized carbons (Fsp3) is 0.619. The Morgan fingerprint density at radius 1 is 1.19 bits per heavy atom. The first-order valence-corrected chi connectivity index (χ1v) is 10.8. The van der Waals surface area contributed by atoms with Crippen molar-refractivity contribution in [1.29, 1.82) is 0 Å². The van der Waals surface area contributed by atoms with Crippen LogP contribution in [0, 0.1) is 11.6 Å². The number of aliphatic hydroxyl groups is 1. The number of hydrogen-bond donors (Lipinski definition) is 4. The Morgan fingerprint density at radius 3 is 2.72 bits per heavy atom. The fourth-order valence-corrected chi connectivity index (χ4v) is 3.83. The first kappa shape index (κ1) is 24.3. The molecule has 0 unspecified atom stereocenters. The van der Waals surface area contributed by atoms with Crippen LogP contribution < -0.4 is 16.0 Å². The molecule has 32 heavy (non-hydrogen) atoms. The molecule has 0 aliphatic carbocycles. The van der Waals surface area contributed by atoms with Gasteiger partial charge in [-0.2, -0.15) is 0 Å². The lowest BCUT2D eigenvalue weighted by Crippen LogP contribution is -2.53. The van der Waals surface area contributed by atoms with Crippen molar-refractivity contribution in [3.8, 4) is 0 Å². The van der Waals surface area contributed by atoms with Gasteiger partial charge in [0.05, 0.1) is 44.2 Å². The van der Waals surface area contributed by atoms with E-state index < -0.39 is 23.8 Å². The van der Waals surface area contributed by atoms with Crippen molar-refractivity contribution in [3.63, 3.8) is 0 Å². The SMILES string of the molecule is O=C(CN1CCOCC1)N[C@H]1CC[C@@H](CCNC(=O)Nc2cc(F)ccc2F)O[C@@H]1CO. The third-order valence-electron chi connectivity index (χ3n) is 5.54. The number of ether oxygens (including phenoxy) is 2. The monoisotopic (exact) mass is 456 g/mol. The standard InChI is InChI=1S/C21H30F2N4O5/c22-14-1-3-16(23)18(11-14)26-21(30)24-6-5-15-2-4-17(19(13-28)32-15)25-20(29)12-27-7-9-31-10-8-27/h1,3,11,15,17,19,28H,2,4-10,12-13H2,(H,25,29)(H2,24,26,30)/t15-,17-,19+/m0/s1. The van der Waals surface area contributed by atoms with Gasteiger partial charge in [0.2, 0.25) is 5.91 Å². The van der Waals surface area contributed by atoms with Crippen molar-refractivity contribution in [2.24, 2.45) is 0 Å². The van der Waals surface area contributed by atoms with Crippen LogP contribution in [-0.2, 0) is 14.3 Å². The molecule has 0 aromatic heterocycles.